The molecule has 1 aromatic rings. The first-order valence-electron chi connectivity index (χ1n) is 7.80. The highest BCUT2D eigenvalue weighted by Crippen LogP contribution is 2.31. The van der Waals surface area contributed by atoms with E-state index < -0.39 is 0 Å². The first-order chi connectivity index (χ1) is 10.1. The van der Waals surface area contributed by atoms with Crippen molar-refractivity contribution in [1.82, 2.24) is 9.88 Å². The number of nitrogens with zero attached hydrogens (tertiary/aromatic N) is 2. The van der Waals surface area contributed by atoms with Crippen molar-refractivity contribution in [2.24, 2.45) is 5.92 Å². The maximum absolute atomic E-state index is 10.2. The summed E-state index contributed by atoms with van der Waals surface area (Å²) in [6, 6.07) is 3.85. The Labute approximate surface area is 125 Å². The van der Waals surface area contributed by atoms with Gasteiger partial charge in [0.15, 0.2) is 0 Å². The van der Waals surface area contributed by atoms with E-state index in [-0.39, 0.29) is 17.8 Å². The molecule has 0 unspecified atom stereocenters. The molecule has 3 atom stereocenters. The number of likely N-dealkylation sites (tertiary alicyclic amines) is 1. The maximum Gasteiger partial charge on any atom is 0.138 e. The second-order valence-electron chi connectivity index (χ2n) is 6.19. The van der Waals surface area contributed by atoms with Gasteiger partial charge in [-0.1, -0.05) is 0 Å². The van der Waals surface area contributed by atoms with Crippen molar-refractivity contribution < 1.29 is 14.9 Å². The minimum atomic E-state index is -0.275. The van der Waals surface area contributed by atoms with Crippen molar-refractivity contribution in [2.75, 3.05) is 19.8 Å². The lowest BCUT2D eigenvalue weighted by molar-refractivity contribution is -0.0637. The fourth-order valence-electron chi connectivity index (χ4n) is 3.56. The standard InChI is InChI=1S/C16H24N2O3/c1-11-4-5-16(20)13(17-11)9-18-7-2-3-14(18)12-10-21-8-6-15(12)19/h4-5,12,14-15,19-20H,2-3,6-10H2,1H3/t12-,14+,15+/m0/s1. The lowest BCUT2D eigenvalue weighted by Crippen LogP contribution is -2.45. The van der Waals surface area contributed by atoms with Crippen LogP contribution < -0.4 is 0 Å². The topological polar surface area (TPSA) is 65.8 Å². The van der Waals surface area contributed by atoms with Gasteiger partial charge in [-0.25, -0.2) is 0 Å². The molecule has 0 radical (unpaired) electrons. The largest absolute Gasteiger partial charge is 0.506 e. The Morgan fingerprint density at radius 2 is 2.24 bits per heavy atom. The van der Waals surface area contributed by atoms with Gasteiger partial charge in [0, 0.05) is 30.8 Å². The van der Waals surface area contributed by atoms with Gasteiger partial charge in [0.25, 0.3) is 0 Å². The molecule has 116 valence electrons. The van der Waals surface area contributed by atoms with Crippen LogP contribution >= 0.6 is 0 Å². The number of ether oxygens (including phenoxy) is 1. The van der Waals surface area contributed by atoms with Crippen LogP contribution in [0.25, 0.3) is 0 Å². The summed E-state index contributed by atoms with van der Waals surface area (Å²) in [5.41, 5.74) is 1.65. The summed E-state index contributed by atoms with van der Waals surface area (Å²) in [7, 11) is 0. The van der Waals surface area contributed by atoms with E-state index in [1.54, 1.807) is 6.07 Å². The van der Waals surface area contributed by atoms with Gasteiger partial charge in [0.1, 0.15) is 5.75 Å². The highest BCUT2D eigenvalue weighted by Gasteiger charge is 2.37. The van der Waals surface area contributed by atoms with E-state index >= 15 is 0 Å². The number of aryl methyl sites for hydroxylation is 1. The molecule has 2 N–H and O–H groups in total. The molecule has 2 aliphatic rings. The molecule has 0 aliphatic carbocycles. The predicted molar refractivity (Wildman–Crippen MR) is 79.0 cm³/mol. The Bertz CT molecular complexity index is 494. The summed E-state index contributed by atoms with van der Waals surface area (Å²) >= 11 is 0. The molecule has 5 nitrogen and oxygen atoms in total. The van der Waals surface area contributed by atoms with E-state index in [2.05, 4.69) is 9.88 Å². The number of aliphatic hydroxyl groups is 1. The molecule has 3 heterocycles. The molecule has 1 aromatic heterocycles. The van der Waals surface area contributed by atoms with Gasteiger partial charge in [-0.15, -0.1) is 0 Å². The van der Waals surface area contributed by atoms with Crippen LogP contribution in [0.3, 0.4) is 0 Å². The smallest absolute Gasteiger partial charge is 0.138 e. The van der Waals surface area contributed by atoms with E-state index in [9.17, 15) is 10.2 Å². The zero-order valence-electron chi connectivity index (χ0n) is 12.5. The van der Waals surface area contributed by atoms with Gasteiger partial charge in [-0.2, -0.15) is 0 Å². The zero-order chi connectivity index (χ0) is 14.8. The Balaban J connectivity index is 1.73. The Hall–Kier alpha value is -1.17. The second kappa shape index (κ2) is 6.30. The predicted octanol–water partition coefficient (Wildman–Crippen LogP) is 1.46. The van der Waals surface area contributed by atoms with Crippen LogP contribution in [0.5, 0.6) is 5.75 Å². The summed E-state index contributed by atoms with van der Waals surface area (Å²) < 4.78 is 5.55. The van der Waals surface area contributed by atoms with Crippen LogP contribution in [-0.4, -0.2) is 52.0 Å². The Kier molecular flexibility index (Phi) is 4.42. The van der Waals surface area contributed by atoms with Crippen LogP contribution in [0.1, 0.15) is 30.7 Å². The SMILES string of the molecule is Cc1ccc(O)c(CN2CCC[C@@H]2[C@@H]2COCC[C@H]2O)n1. The van der Waals surface area contributed by atoms with Gasteiger partial charge in [-0.05, 0) is 44.9 Å². The number of rotatable bonds is 3. The summed E-state index contributed by atoms with van der Waals surface area (Å²) in [6.07, 6.45) is 2.66. The van der Waals surface area contributed by atoms with Gasteiger partial charge in [0.2, 0.25) is 0 Å². The van der Waals surface area contributed by atoms with Crippen molar-refractivity contribution in [3.8, 4) is 5.75 Å². The maximum atomic E-state index is 10.2. The Morgan fingerprint density at radius 1 is 1.38 bits per heavy atom. The van der Waals surface area contributed by atoms with Gasteiger partial charge in [-0.3, -0.25) is 9.88 Å². The quantitative estimate of drug-likeness (QED) is 0.883. The molecular weight excluding hydrogens is 268 g/mol. The molecule has 0 bridgehead atoms. The summed E-state index contributed by atoms with van der Waals surface area (Å²) in [4.78, 5) is 6.79. The molecule has 0 aromatic carbocycles. The monoisotopic (exact) mass is 292 g/mol. The fraction of sp³-hybridized carbons (Fsp3) is 0.688. The molecule has 0 spiro atoms. The number of hydrogen-bond acceptors (Lipinski definition) is 5. The highest BCUT2D eigenvalue weighted by molar-refractivity contribution is 5.27. The summed E-state index contributed by atoms with van der Waals surface area (Å²) in [5.74, 6) is 0.430. The number of aromatic nitrogens is 1. The van der Waals surface area contributed by atoms with Crippen molar-refractivity contribution >= 4 is 0 Å². The molecule has 2 aliphatic heterocycles. The number of pyridine rings is 1. The molecule has 21 heavy (non-hydrogen) atoms. The molecule has 0 amide bonds. The van der Waals surface area contributed by atoms with Gasteiger partial charge in [0.05, 0.1) is 18.4 Å². The lowest BCUT2D eigenvalue weighted by Gasteiger charge is -2.37. The van der Waals surface area contributed by atoms with E-state index in [1.807, 2.05) is 13.0 Å². The average Bonchev–Trinajstić information content (AvgIpc) is 2.91. The van der Waals surface area contributed by atoms with E-state index in [0.717, 1.165) is 37.2 Å². The highest BCUT2D eigenvalue weighted by atomic mass is 16.5. The summed E-state index contributed by atoms with van der Waals surface area (Å²) in [6.45, 7) is 4.85. The molecule has 5 heteroatoms. The lowest BCUT2D eigenvalue weighted by atomic mass is 9.89. The molecule has 3 rings (SSSR count). The van der Waals surface area contributed by atoms with Crippen molar-refractivity contribution in [2.45, 2.75) is 44.9 Å². The third-order valence-corrected chi connectivity index (χ3v) is 4.71. The van der Waals surface area contributed by atoms with E-state index in [0.29, 0.717) is 25.8 Å². The minimum absolute atomic E-state index is 0.174. The number of hydrogen-bond donors (Lipinski definition) is 2. The third-order valence-electron chi connectivity index (χ3n) is 4.71. The molecule has 0 saturated carbocycles. The Morgan fingerprint density at radius 3 is 3.05 bits per heavy atom. The second-order valence-corrected chi connectivity index (χ2v) is 6.19. The van der Waals surface area contributed by atoms with Crippen molar-refractivity contribution in [1.29, 1.82) is 0 Å². The molecule has 2 saturated heterocycles. The van der Waals surface area contributed by atoms with Gasteiger partial charge >= 0.3 is 0 Å². The summed E-state index contributed by atoms with van der Waals surface area (Å²) in [5, 5.41) is 20.2. The van der Waals surface area contributed by atoms with Crippen LogP contribution in [0.2, 0.25) is 0 Å². The first-order valence-corrected chi connectivity index (χ1v) is 7.80. The number of aromatic hydroxyl groups is 1. The molecule has 2 fully saturated rings. The van der Waals surface area contributed by atoms with E-state index in [1.165, 1.54) is 0 Å². The van der Waals surface area contributed by atoms with E-state index in [4.69, 9.17) is 4.74 Å². The zero-order valence-corrected chi connectivity index (χ0v) is 12.5. The third kappa shape index (κ3) is 3.20. The normalized spacial score (nSPS) is 30.7. The van der Waals surface area contributed by atoms with Crippen molar-refractivity contribution in [3.05, 3.63) is 23.5 Å². The first kappa shape index (κ1) is 14.8. The van der Waals surface area contributed by atoms with Crippen LogP contribution in [0.15, 0.2) is 12.1 Å². The fourth-order valence-corrected chi connectivity index (χ4v) is 3.56. The minimum Gasteiger partial charge on any atom is -0.506 e. The average molecular weight is 292 g/mol. The van der Waals surface area contributed by atoms with Crippen LogP contribution in [-0.2, 0) is 11.3 Å². The number of aliphatic hydroxyl groups excluding tert-OH is 1. The van der Waals surface area contributed by atoms with Crippen LogP contribution in [0.4, 0.5) is 0 Å². The van der Waals surface area contributed by atoms with Crippen LogP contribution in [0, 0.1) is 12.8 Å². The molecular formula is C16H24N2O3. The van der Waals surface area contributed by atoms with Crippen molar-refractivity contribution in [3.63, 3.8) is 0 Å². The van der Waals surface area contributed by atoms with Gasteiger partial charge < -0.3 is 14.9 Å².